The summed E-state index contributed by atoms with van der Waals surface area (Å²) in [4.78, 5) is 23.0. The van der Waals surface area contributed by atoms with E-state index in [4.69, 9.17) is 23.2 Å². The average molecular weight is 461 g/mol. The fourth-order valence-electron chi connectivity index (χ4n) is 2.73. The van der Waals surface area contributed by atoms with Crippen LogP contribution in [-0.2, 0) is 14.6 Å². The fraction of sp³-hybridized carbons (Fsp3) is 0.118. The summed E-state index contributed by atoms with van der Waals surface area (Å²) in [6, 6.07) is 10.1. The van der Waals surface area contributed by atoms with Crippen LogP contribution in [0.15, 0.2) is 53.6 Å². The number of aryl methyl sites for hydroxylation is 1. The maximum absolute atomic E-state index is 13.3. The lowest BCUT2D eigenvalue weighted by molar-refractivity contribution is 0.373. The lowest BCUT2D eigenvalue weighted by Crippen LogP contribution is -2.32. The molecule has 3 aromatic rings. The summed E-state index contributed by atoms with van der Waals surface area (Å²) in [5.74, 6) is 0. The number of halogens is 2. The molecule has 0 unspecified atom stereocenters. The third-order valence-electron chi connectivity index (χ3n) is 3.88. The van der Waals surface area contributed by atoms with Gasteiger partial charge in [-0.05, 0) is 37.3 Å². The van der Waals surface area contributed by atoms with Crippen molar-refractivity contribution in [3.8, 4) is 0 Å². The van der Waals surface area contributed by atoms with Crippen molar-refractivity contribution >= 4 is 57.3 Å². The zero-order valence-electron chi connectivity index (χ0n) is 14.5. The number of nitrogens with zero attached hydrogens (tertiary/aromatic N) is 2. The first-order valence-electron chi connectivity index (χ1n) is 7.86. The first-order chi connectivity index (χ1) is 13.0. The molecule has 0 bridgehead atoms. The van der Waals surface area contributed by atoms with Crippen LogP contribution in [-0.4, -0.2) is 29.5 Å². The lowest BCUT2D eigenvalue weighted by Gasteiger charge is -2.26. The third kappa shape index (κ3) is 4.49. The van der Waals surface area contributed by atoms with Crippen LogP contribution in [0, 0.1) is 6.92 Å². The molecule has 0 saturated heterocycles. The van der Waals surface area contributed by atoms with E-state index in [2.05, 4.69) is 4.98 Å². The van der Waals surface area contributed by atoms with Crippen molar-refractivity contribution in [2.45, 2.75) is 11.8 Å². The van der Waals surface area contributed by atoms with Crippen molar-refractivity contribution in [2.24, 2.45) is 0 Å². The Balaban J connectivity index is 2.29. The molecule has 2 N–H and O–H groups in total. The van der Waals surface area contributed by atoms with Crippen LogP contribution < -0.4 is 4.31 Å². The van der Waals surface area contributed by atoms with Crippen molar-refractivity contribution in [1.82, 2.24) is 4.98 Å². The van der Waals surface area contributed by atoms with Crippen LogP contribution in [0.2, 0.25) is 10.0 Å². The Hall–Kier alpha value is -1.67. The van der Waals surface area contributed by atoms with E-state index in [1.165, 1.54) is 24.3 Å². The van der Waals surface area contributed by atoms with Crippen molar-refractivity contribution in [3.05, 3.63) is 64.4 Å². The molecule has 11 heteroatoms. The zero-order chi connectivity index (χ0) is 20.7. The topological polar surface area (TPSA) is 108 Å². The average Bonchev–Trinajstić information content (AvgIpc) is 2.57. The molecule has 1 aromatic heterocycles. The van der Waals surface area contributed by atoms with Gasteiger partial charge in [0.05, 0.1) is 10.6 Å². The van der Waals surface area contributed by atoms with Gasteiger partial charge < -0.3 is 9.79 Å². The van der Waals surface area contributed by atoms with E-state index in [0.717, 1.165) is 0 Å². The molecule has 0 fully saturated rings. The quantitative estimate of drug-likeness (QED) is 0.552. The molecule has 0 amide bonds. The van der Waals surface area contributed by atoms with E-state index < -0.39 is 23.9 Å². The Morgan fingerprint density at radius 1 is 1.11 bits per heavy atom. The standard InChI is InChI=1S/C17H15Cl2N2O5PS/c1-11-5-16-12(9-20-11)3-2-4-17(16)21(10-27(22,23)24)28(25,26)15-7-13(18)6-14(19)8-15/h2-9H,10H2,1H3,(H2,22,23,24). The molecular formula is C17H15Cl2N2O5PS. The largest absolute Gasteiger partial charge is 0.345 e. The van der Waals surface area contributed by atoms with Gasteiger partial charge in [-0.25, -0.2) is 8.42 Å². The van der Waals surface area contributed by atoms with Gasteiger partial charge in [-0.2, -0.15) is 0 Å². The number of pyridine rings is 1. The Morgan fingerprint density at radius 2 is 1.75 bits per heavy atom. The highest BCUT2D eigenvalue weighted by Crippen LogP contribution is 2.41. The molecule has 0 aliphatic heterocycles. The molecule has 28 heavy (non-hydrogen) atoms. The number of hydrogen-bond acceptors (Lipinski definition) is 4. The number of hydrogen-bond donors (Lipinski definition) is 2. The molecule has 0 radical (unpaired) electrons. The second kappa shape index (κ2) is 7.63. The van der Waals surface area contributed by atoms with E-state index >= 15 is 0 Å². The third-order valence-corrected chi connectivity index (χ3v) is 6.90. The molecule has 3 rings (SSSR count). The fourth-order valence-corrected chi connectivity index (χ4v) is 6.16. The molecule has 0 aliphatic rings. The zero-order valence-corrected chi connectivity index (χ0v) is 17.7. The van der Waals surface area contributed by atoms with E-state index in [-0.39, 0.29) is 20.6 Å². The Bertz CT molecular complexity index is 1190. The van der Waals surface area contributed by atoms with Gasteiger partial charge in [-0.15, -0.1) is 0 Å². The smallest absolute Gasteiger partial charge is 0.323 e. The van der Waals surface area contributed by atoms with Gasteiger partial charge in [0.25, 0.3) is 10.0 Å². The first kappa shape index (κ1) is 21.0. The van der Waals surface area contributed by atoms with Crippen LogP contribution >= 0.6 is 30.8 Å². The van der Waals surface area contributed by atoms with Crippen LogP contribution in [0.5, 0.6) is 0 Å². The summed E-state index contributed by atoms with van der Waals surface area (Å²) in [5, 5.41) is 1.28. The summed E-state index contributed by atoms with van der Waals surface area (Å²) in [6.07, 6.45) is 0.520. The van der Waals surface area contributed by atoms with Crippen LogP contribution in [0.25, 0.3) is 10.8 Å². The van der Waals surface area contributed by atoms with Gasteiger partial charge in [0, 0.05) is 32.7 Å². The van der Waals surface area contributed by atoms with Crippen molar-refractivity contribution < 1.29 is 22.8 Å². The monoisotopic (exact) mass is 460 g/mol. The predicted octanol–water partition coefficient (Wildman–Crippen LogP) is 4.18. The van der Waals surface area contributed by atoms with Crippen molar-refractivity contribution in [2.75, 3.05) is 10.6 Å². The van der Waals surface area contributed by atoms with Crippen LogP contribution in [0.4, 0.5) is 5.69 Å². The first-order valence-corrected chi connectivity index (χ1v) is 11.9. The highest BCUT2D eigenvalue weighted by molar-refractivity contribution is 7.93. The minimum absolute atomic E-state index is 0.0835. The van der Waals surface area contributed by atoms with E-state index in [1.54, 1.807) is 31.3 Å². The van der Waals surface area contributed by atoms with Gasteiger partial charge in [-0.3, -0.25) is 13.9 Å². The second-order valence-corrected chi connectivity index (χ2v) is 10.4. The van der Waals surface area contributed by atoms with Gasteiger partial charge in [0.15, 0.2) is 0 Å². The SMILES string of the molecule is Cc1cc2c(N(CP(=O)(O)O)S(=O)(=O)c3cc(Cl)cc(Cl)c3)cccc2cn1. The number of aromatic nitrogens is 1. The molecule has 148 valence electrons. The van der Waals surface area contributed by atoms with Crippen LogP contribution in [0.1, 0.15) is 5.69 Å². The normalized spacial score (nSPS) is 12.3. The number of anilines is 1. The molecule has 2 aromatic carbocycles. The van der Waals surface area contributed by atoms with Crippen molar-refractivity contribution in [1.29, 1.82) is 0 Å². The summed E-state index contributed by atoms with van der Waals surface area (Å²) in [6.45, 7) is 1.73. The number of benzene rings is 2. The molecular weight excluding hydrogens is 446 g/mol. The minimum Gasteiger partial charge on any atom is -0.323 e. The number of rotatable bonds is 5. The van der Waals surface area contributed by atoms with E-state index in [0.29, 0.717) is 20.8 Å². The summed E-state index contributed by atoms with van der Waals surface area (Å²) in [7, 11) is -9.14. The van der Waals surface area contributed by atoms with E-state index in [9.17, 15) is 22.8 Å². The second-order valence-electron chi connectivity index (χ2n) is 6.09. The highest BCUT2D eigenvalue weighted by atomic mass is 35.5. The van der Waals surface area contributed by atoms with Crippen LogP contribution in [0.3, 0.4) is 0 Å². The molecule has 0 atom stereocenters. The Morgan fingerprint density at radius 3 is 2.36 bits per heavy atom. The maximum Gasteiger partial charge on any atom is 0.345 e. The minimum atomic E-state index is -4.75. The van der Waals surface area contributed by atoms with Crippen molar-refractivity contribution in [3.63, 3.8) is 0 Å². The highest BCUT2D eigenvalue weighted by Gasteiger charge is 2.32. The summed E-state index contributed by atoms with van der Waals surface area (Å²) in [5.41, 5.74) is 0.738. The summed E-state index contributed by atoms with van der Waals surface area (Å²) >= 11 is 11.9. The number of fused-ring (bicyclic) bond motifs is 1. The maximum atomic E-state index is 13.3. The van der Waals surface area contributed by atoms with Gasteiger partial charge in [0.1, 0.15) is 6.29 Å². The Kier molecular flexibility index (Phi) is 5.74. The number of sulfonamides is 1. The van der Waals surface area contributed by atoms with Gasteiger partial charge in [-0.1, -0.05) is 35.3 Å². The molecule has 0 spiro atoms. The lowest BCUT2D eigenvalue weighted by atomic mass is 10.1. The Labute approximate surface area is 171 Å². The van der Waals surface area contributed by atoms with E-state index in [1.807, 2.05) is 0 Å². The summed E-state index contributed by atoms with van der Waals surface area (Å²) < 4.78 is 39.0. The van der Waals surface area contributed by atoms with Gasteiger partial charge in [0.2, 0.25) is 0 Å². The molecule has 1 heterocycles. The predicted molar refractivity (Wildman–Crippen MR) is 110 cm³/mol. The molecule has 0 aliphatic carbocycles. The molecule has 0 saturated carbocycles. The molecule has 7 nitrogen and oxygen atoms in total. The van der Waals surface area contributed by atoms with Gasteiger partial charge >= 0.3 is 7.60 Å².